The second kappa shape index (κ2) is 7.58. The molecule has 1 heterocycles. The number of imide groups is 1. The lowest BCUT2D eigenvalue weighted by Crippen LogP contribution is -2.47. The Balaban J connectivity index is 1.91. The molecule has 0 aliphatic carbocycles. The number of nitrogens with zero attached hydrogens (tertiary/aromatic N) is 1. The number of carbonyl (C=O) groups excluding carboxylic acids is 3. The van der Waals surface area contributed by atoms with Crippen molar-refractivity contribution >= 4 is 29.4 Å². The fraction of sp³-hybridized carbons (Fsp3) is 0.375. The van der Waals surface area contributed by atoms with Crippen molar-refractivity contribution in [3.05, 3.63) is 29.8 Å². The molecular formula is C16H19N3O5. The van der Waals surface area contributed by atoms with E-state index in [4.69, 9.17) is 5.11 Å². The van der Waals surface area contributed by atoms with Crippen LogP contribution in [0, 0.1) is 0 Å². The molecule has 0 spiro atoms. The van der Waals surface area contributed by atoms with Crippen molar-refractivity contribution in [2.75, 3.05) is 18.9 Å². The molecule has 8 nitrogen and oxygen atoms in total. The Morgan fingerprint density at radius 1 is 1.29 bits per heavy atom. The van der Waals surface area contributed by atoms with Crippen molar-refractivity contribution in [1.29, 1.82) is 0 Å². The predicted octanol–water partition coefficient (Wildman–Crippen LogP) is -0.0108. The topological polar surface area (TPSA) is 116 Å². The van der Waals surface area contributed by atoms with Gasteiger partial charge in [-0.2, -0.15) is 0 Å². The molecule has 1 aromatic carbocycles. The Kier molecular flexibility index (Phi) is 5.51. The van der Waals surface area contributed by atoms with E-state index >= 15 is 0 Å². The summed E-state index contributed by atoms with van der Waals surface area (Å²) in [4.78, 5) is 46.4. The van der Waals surface area contributed by atoms with Crippen LogP contribution in [0.15, 0.2) is 24.3 Å². The van der Waals surface area contributed by atoms with Gasteiger partial charge in [0.25, 0.3) is 0 Å². The summed E-state index contributed by atoms with van der Waals surface area (Å²) in [7, 11) is 1.44. The van der Waals surface area contributed by atoms with Crippen LogP contribution in [0.5, 0.6) is 0 Å². The summed E-state index contributed by atoms with van der Waals surface area (Å²) in [5, 5.41) is 14.0. The number of carbonyl (C=O) groups is 4. The first-order valence-electron chi connectivity index (χ1n) is 7.50. The molecule has 1 aliphatic rings. The van der Waals surface area contributed by atoms with Crippen LogP contribution < -0.4 is 10.6 Å². The maximum absolute atomic E-state index is 11.9. The number of nitrogens with one attached hydrogen (secondary N) is 2. The first kappa shape index (κ1) is 17.5. The number of hydrogen-bond acceptors (Lipinski definition) is 5. The van der Waals surface area contributed by atoms with E-state index < -0.39 is 12.0 Å². The van der Waals surface area contributed by atoms with E-state index in [1.165, 1.54) is 7.05 Å². The average Bonchev–Trinajstić information content (AvgIpc) is 2.51. The van der Waals surface area contributed by atoms with Crippen molar-refractivity contribution in [2.24, 2.45) is 0 Å². The summed E-state index contributed by atoms with van der Waals surface area (Å²) in [6, 6.07) is 6.49. The second-order valence-electron chi connectivity index (χ2n) is 5.67. The summed E-state index contributed by atoms with van der Waals surface area (Å²) in [5.74, 6) is -1.96. The first-order valence-corrected chi connectivity index (χ1v) is 7.50. The number of likely N-dealkylation sites (N-methyl/N-ethyl adjacent to an activating group) is 1. The first-order chi connectivity index (χ1) is 11.3. The van der Waals surface area contributed by atoms with Crippen LogP contribution in [-0.2, 0) is 25.6 Å². The van der Waals surface area contributed by atoms with Gasteiger partial charge in [0.1, 0.15) is 12.6 Å². The van der Waals surface area contributed by atoms with Crippen LogP contribution >= 0.6 is 0 Å². The molecule has 3 N–H and O–H groups in total. The summed E-state index contributed by atoms with van der Waals surface area (Å²) in [5.41, 5.74) is 1.45. The molecule has 3 amide bonds. The zero-order valence-electron chi connectivity index (χ0n) is 13.2. The van der Waals surface area contributed by atoms with Crippen LogP contribution in [0.2, 0.25) is 0 Å². The van der Waals surface area contributed by atoms with Gasteiger partial charge in [-0.25, -0.2) is 0 Å². The van der Waals surface area contributed by atoms with Crippen molar-refractivity contribution in [2.45, 2.75) is 25.3 Å². The minimum atomic E-state index is -1.06. The molecule has 0 bridgehead atoms. The van der Waals surface area contributed by atoms with Gasteiger partial charge in [-0.3, -0.25) is 24.5 Å². The Bertz CT molecular complexity index is 656. The summed E-state index contributed by atoms with van der Waals surface area (Å²) in [6.07, 6.45) is 0.833. The maximum atomic E-state index is 11.9. The fourth-order valence-electron chi connectivity index (χ4n) is 2.35. The fourth-order valence-corrected chi connectivity index (χ4v) is 2.35. The second-order valence-corrected chi connectivity index (χ2v) is 5.67. The van der Waals surface area contributed by atoms with Crippen LogP contribution in [0.1, 0.15) is 18.4 Å². The van der Waals surface area contributed by atoms with E-state index in [0.717, 1.165) is 10.5 Å². The van der Waals surface area contributed by atoms with Gasteiger partial charge in [0, 0.05) is 19.2 Å². The number of benzene rings is 1. The molecule has 0 aromatic heterocycles. The average molecular weight is 333 g/mol. The number of anilines is 1. The minimum absolute atomic E-state index is 0.0997. The van der Waals surface area contributed by atoms with Gasteiger partial charge in [0.2, 0.25) is 17.7 Å². The monoisotopic (exact) mass is 333 g/mol. The summed E-state index contributed by atoms with van der Waals surface area (Å²) >= 11 is 0. The minimum Gasteiger partial charge on any atom is -0.480 e. The van der Waals surface area contributed by atoms with E-state index in [9.17, 15) is 19.2 Å². The van der Waals surface area contributed by atoms with Crippen molar-refractivity contribution < 1.29 is 24.3 Å². The SMILES string of the molecule is CN(CC(=O)O)C(=O)Cc1ccc(NC2CCC(=O)NC2=O)cc1. The number of carboxylic acid groups (broad SMARTS) is 1. The zero-order chi connectivity index (χ0) is 17.7. The molecule has 1 aliphatic heterocycles. The van der Waals surface area contributed by atoms with Gasteiger partial charge < -0.3 is 15.3 Å². The van der Waals surface area contributed by atoms with Crippen LogP contribution in [0.4, 0.5) is 5.69 Å². The molecule has 1 fully saturated rings. The third kappa shape index (κ3) is 4.80. The van der Waals surface area contributed by atoms with Gasteiger partial charge in [0.15, 0.2) is 0 Å². The number of rotatable bonds is 6. The van der Waals surface area contributed by atoms with Gasteiger partial charge in [-0.15, -0.1) is 0 Å². The number of hydrogen-bond donors (Lipinski definition) is 3. The molecule has 0 saturated carbocycles. The molecule has 24 heavy (non-hydrogen) atoms. The zero-order valence-corrected chi connectivity index (χ0v) is 13.2. The Labute approximate surface area is 138 Å². The van der Waals surface area contributed by atoms with Crippen LogP contribution in [0.3, 0.4) is 0 Å². The van der Waals surface area contributed by atoms with E-state index in [0.29, 0.717) is 18.5 Å². The van der Waals surface area contributed by atoms with Crippen molar-refractivity contribution in [3.8, 4) is 0 Å². The van der Waals surface area contributed by atoms with Crippen molar-refractivity contribution in [1.82, 2.24) is 10.2 Å². The quantitative estimate of drug-likeness (QED) is 0.631. The van der Waals surface area contributed by atoms with E-state index in [1.54, 1.807) is 24.3 Å². The number of aliphatic carboxylic acids is 1. The van der Waals surface area contributed by atoms with Gasteiger partial charge in [-0.1, -0.05) is 12.1 Å². The Morgan fingerprint density at radius 3 is 2.54 bits per heavy atom. The normalized spacial score (nSPS) is 17.1. The highest BCUT2D eigenvalue weighted by Crippen LogP contribution is 2.15. The Morgan fingerprint density at radius 2 is 1.96 bits per heavy atom. The molecule has 128 valence electrons. The third-order valence-electron chi connectivity index (χ3n) is 3.69. The standard InChI is InChI=1S/C16H19N3O5/c1-19(9-15(22)23)14(21)8-10-2-4-11(5-3-10)17-12-6-7-13(20)18-16(12)24/h2-5,12,17H,6-9H2,1H3,(H,22,23)(H,18,20,24). The largest absolute Gasteiger partial charge is 0.480 e. The maximum Gasteiger partial charge on any atom is 0.323 e. The molecule has 1 atom stereocenters. The molecule has 0 radical (unpaired) electrons. The van der Waals surface area contributed by atoms with Gasteiger partial charge >= 0.3 is 5.97 Å². The lowest BCUT2D eigenvalue weighted by atomic mass is 10.1. The predicted molar refractivity (Wildman–Crippen MR) is 85.2 cm³/mol. The van der Waals surface area contributed by atoms with E-state index in [1.807, 2.05) is 0 Å². The molecule has 1 aromatic rings. The number of amides is 3. The van der Waals surface area contributed by atoms with Crippen LogP contribution in [-0.4, -0.2) is 53.3 Å². The third-order valence-corrected chi connectivity index (χ3v) is 3.69. The highest BCUT2D eigenvalue weighted by molar-refractivity contribution is 6.01. The number of piperidine rings is 1. The van der Waals surface area contributed by atoms with Gasteiger partial charge in [-0.05, 0) is 24.1 Å². The smallest absolute Gasteiger partial charge is 0.323 e. The van der Waals surface area contributed by atoms with E-state index in [2.05, 4.69) is 10.6 Å². The Hall–Kier alpha value is -2.90. The number of carboxylic acids is 1. The molecule has 1 saturated heterocycles. The van der Waals surface area contributed by atoms with Crippen molar-refractivity contribution in [3.63, 3.8) is 0 Å². The summed E-state index contributed by atoms with van der Waals surface area (Å²) in [6.45, 7) is -0.339. The molecule has 1 unspecified atom stereocenters. The molecular weight excluding hydrogens is 314 g/mol. The molecule has 2 rings (SSSR count). The lowest BCUT2D eigenvalue weighted by molar-refractivity contribution is -0.143. The molecule has 8 heteroatoms. The highest BCUT2D eigenvalue weighted by Gasteiger charge is 2.26. The van der Waals surface area contributed by atoms with Gasteiger partial charge in [0.05, 0.1) is 6.42 Å². The summed E-state index contributed by atoms with van der Waals surface area (Å²) < 4.78 is 0. The van der Waals surface area contributed by atoms with Crippen LogP contribution in [0.25, 0.3) is 0 Å². The lowest BCUT2D eigenvalue weighted by Gasteiger charge is -2.22. The van der Waals surface area contributed by atoms with E-state index in [-0.39, 0.29) is 30.7 Å². The highest BCUT2D eigenvalue weighted by atomic mass is 16.4.